The van der Waals surface area contributed by atoms with Crippen molar-refractivity contribution in [2.45, 2.75) is 51.7 Å². The summed E-state index contributed by atoms with van der Waals surface area (Å²) in [6.07, 6.45) is 8.24. The van der Waals surface area contributed by atoms with Crippen LogP contribution in [-0.2, 0) is 4.74 Å². The highest BCUT2D eigenvalue weighted by atomic mass is 16.5. The summed E-state index contributed by atoms with van der Waals surface area (Å²) in [5.74, 6) is -0.0361. The van der Waals surface area contributed by atoms with Gasteiger partial charge in [0.1, 0.15) is 0 Å². The van der Waals surface area contributed by atoms with Crippen molar-refractivity contribution in [2.24, 2.45) is 5.41 Å². The molecule has 5 nitrogen and oxygen atoms in total. The van der Waals surface area contributed by atoms with Crippen LogP contribution in [0, 0.1) is 12.3 Å². The molecule has 0 unspecified atom stereocenters. The Hall–Kier alpha value is -2.14. The molecule has 1 N–H and O–H groups in total. The molecule has 0 bridgehead atoms. The molecule has 5 heteroatoms. The van der Waals surface area contributed by atoms with Crippen LogP contribution in [0.25, 0.3) is 5.69 Å². The molecule has 1 amide bonds. The van der Waals surface area contributed by atoms with E-state index in [-0.39, 0.29) is 17.4 Å². The Morgan fingerprint density at radius 2 is 2.20 bits per heavy atom. The van der Waals surface area contributed by atoms with Crippen LogP contribution in [0.2, 0.25) is 0 Å². The molecule has 0 saturated heterocycles. The van der Waals surface area contributed by atoms with Crippen LogP contribution in [0.3, 0.4) is 0 Å². The van der Waals surface area contributed by atoms with Crippen molar-refractivity contribution >= 4 is 5.91 Å². The molecule has 25 heavy (non-hydrogen) atoms. The molecule has 2 saturated carbocycles. The molecule has 2 aliphatic rings. The van der Waals surface area contributed by atoms with Crippen LogP contribution >= 0.6 is 0 Å². The average molecular weight is 339 g/mol. The van der Waals surface area contributed by atoms with Crippen molar-refractivity contribution in [2.75, 3.05) is 6.61 Å². The van der Waals surface area contributed by atoms with Crippen molar-refractivity contribution < 1.29 is 9.53 Å². The zero-order chi connectivity index (χ0) is 17.4. The first-order chi connectivity index (χ1) is 12.1. The second-order valence-electron chi connectivity index (χ2n) is 7.25. The minimum absolute atomic E-state index is 0.0361. The van der Waals surface area contributed by atoms with E-state index in [0.29, 0.717) is 11.7 Å². The zero-order valence-electron chi connectivity index (χ0n) is 14.9. The molecular weight excluding hydrogens is 314 g/mol. The number of carbonyl (C=O) groups is 1. The van der Waals surface area contributed by atoms with Crippen LogP contribution in [0.15, 0.2) is 36.7 Å². The maximum absolute atomic E-state index is 12.7. The summed E-state index contributed by atoms with van der Waals surface area (Å²) < 4.78 is 7.63. The fourth-order valence-electron chi connectivity index (χ4n) is 4.27. The fraction of sp³-hybridized carbons (Fsp3) is 0.500. The van der Waals surface area contributed by atoms with Gasteiger partial charge in [0.25, 0.3) is 5.91 Å². The molecular formula is C20H25N3O2. The monoisotopic (exact) mass is 339 g/mol. The highest BCUT2D eigenvalue weighted by molar-refractivity contribution is 5.94. The summed E-state index contributed by atoms with van der Waals surface area (Å²) in [6, 6.07) is 8.25. The molecule has 4 rings (SSSR count). The lowest BCUT2D eigenvalue weighted by molar-refractivity contribution is -0.169. The largest absolute Gasteiger partial charge is 0.378 e. The first-order valence-electron chi connectivity index (χ1n) is 9.17. The number of para-hydroxylation sites is 1. The van der Waals surface area contributed by atoms with Crippen LogP contribution < -0.4 is 5.32 Å². The van der Waals surface area contributed by atoms with Crippen LogP contribution in [0.1, 0.15) is 48.5 Å². The smallest absolute Gasteiger partial charge is 0.254 e. The third-order valence-corrected chi connectivity index (χ3v) is 5.95. The van der Waals surface area contributed by atoms with E-state index in [1.165, 1.54) is 6.42 Å². The summed E-state index contributed by atoms with van der Waals surface area (Å²) >= 11 is 0. The Kier molecular flexibility index (Phi) is 4.12. The molecule has 1 heterocycles. The van der Waals surface area contributed by atoms with Crippen LogP contribution in [-0.4, -0.2) is 34.4 Å². The highest BCUT2D eigenvalue weighted by Gasteiger charge is 2.59. The van der Waals surface area contributed by atoms with E-state index >= 15 is 0 Å². The molecule has 0 radical (unpaired) electrons. The molecule has 1 aromatic heterocycles. The second-order valence-corrected chi connectivity index (χ2v) is 7.25. The fourth-order valence-corrected chi connectivity index (χ4v) is 4.27. The molecule has 2 fully saturated rings. The van der Waals surface area contributed by atoms with Crippen molar-refractivity contribution in [3.63, 3.8) is 0 Å². The van der Waals surface area contributed by atoms with Gasteiger partial charge >= 0.3 is 0 Å². The molecule has 0 aliphatic heterocycles. The van der Waals surface area contributed by atoms with Gasteiger partial charge in [-0.15, -0.1) is 0 Å². The van der Waals surface area contributed by atoms with Crippen molar-refractivity contribution in [1.82, 2.24) is 15.1 Å². The number of nitrogens with one attached hydrogen (secondary N) is 1. The van der Waals surface area contributed by atoms with E-state index < -0.39 is 0 Å². The van der Waals surface area contributed by atoms with Gasteiger partial charge in [0.05, 0.1) is 23.6 Å². The first kappa shape index (κ1) is 16.3. The van der Waals surface area contributed by atoms with Crippen molar-refractivity contribution in [3.8, 4) is 5.69 Å². The normalized spacial score (nSPS) is 23.8. The molecule has 2 atom stereocenters. The molecule has 2 aromatic rings. The van der Waals surface area contributed by atoms with Gasteiger partial charge in [-0.3, -0.25) is 4.79 Å². The van der Waals surface area contributed by atoms with Gasteiger partial charge in [-0.05, 0) is 44.7 Å². The van der Waals surface area contributed by atoms with E-state index in [4.69, 9.17) is 4.74 Å². The Morgan fingerprint density at radius 1 is 1.40 bits per heavy atom. The third-order valence-electron chi connectivity index (χ3n) is 5.95. The van der Waals surface area contributed by atoms with Crippen LogP contribution in [0.4, 0.5) is 0 Å². The summed E-state index contributed by atoms with van der Waals surface area (Å²) in [5.41, 5.74) is 2.91. The number of nitrogens with zero attached hydrogens (tertiary/aromatic N) is 2. The van der Waals surface area contributed by atoms with Crippen LogP contribution in [0.5, 0.6) is 0 Å². The standard InChI is InChI=1S/C20H25N3O2/c1-3-25-18-11-17(20(18)9-6-10-20)22-19(24)15-12-21-23(13-15)16-8-5-4-7-14(16)2/h4-5,7-8,12-13,17-18H,3,6,9-11H2,1-2H3,(H,22,24)/t17-,18+/m1/s1. The lowest BCUT2D eigenvalue weighted by Crippen LogP contribution is -2.67. The molecule has 1 aromatic carbocycles. The zero-order valence-corrected chi connectivity index (χ0v) is 14.9. The van der Waals surface area contributed by atoms with Gasteiger partial charge in [0.15, 0.2) is 0 Å². The summed E-state index contributed by atoms with van der Waals surface area (Å²) in [5, 5.41) is 7.59. The maximum Gasteiger partial charge on any atom is 0.254 e. The number of hydrogen-bond donors (Lipinski definition) is 1. The Labute approximate surface area is 148 Å². The van der Waals surface area contributed by atoms with Crippen molar-refractivity contribution in [3.05, 3.63) is 47.8 Å². The summed E-state index contributed by atoms with van der Waals surface area (Å²) in [6.45, 7) is 4.83. The van der Waals surface area contributed by atoms with Gasteiger partial charge in [0.2, 0.25) is 0 Å². The highest BCUT2D eigenvalue weighted by Crippen LogP contribution is 2.57. The summed E-state index contributed by atoms with van der Waals surface area (Å²) in [4.78, 5) is 12.7. The lowest BCUT2D eigenvalue weighted by atomic mass is 9.51. The topological polar surface area (TPSA) is 56.1 Å². The van der Waals surface area contributed by atoms with Crippen molar-refractivity contribution in [1.29, 1.82) is 0 Å². The van der Waals surface area contributed by atoms with E-state index in [1.807, 2.05) is 44.3 Å². The van der Waals surface area contributed by atoms with E-state index in [2.05, 4.69) is 10.4 Å². The quantitative estimate of drug-likeness (QED) is 0.910. The summed E-state index contributed by atoms with van der Waals surface area (Å²) in [7, 11) is 0. The Morgan fingerprint density at radius 3 is 2.88 bits per heavy atom. The lowest BCUT2D eigenvalue weighted by Gasteiger charge is -2.60. The van der Waals surface area contributed by atoms with Gasteiger partial charge < -0.3 is 10.1 Å². The average Bonchev–Trinajstić information content (AvgIpc) is 3.02. The second kappa shape index (κ2) is 6.30. The number of benzene rings is 1. The number of amides is 1. The third kappa shape index (κ3) is 2.67. The molecule has 1 spiro atoms. The number of ether oxygens (including phenoxy) is 1. The minimum atomic E-state index is -0.0361. The predicted octanol–water partition coefficient (Wildman–Crippen LogP) is 3.26. The number of hydrogen-bond acceptors (Lipinski definition) is 3. The van der Waals surface area contributed by atoms with Gasteiger partial charge in [-0.25, -0.2) is 4.68 Å². The molecule has 2 aliphatic carbocycles. The Bertz CT molecular complexity index is 779. The molecule has 132 valence electrons. The van der Waals surface area contributed by atoms with Gasteiger partial charge in [-0.2, -0.15) is 5.10 Å². The SMILES string of the molecule is CCO[C@H]1C[C@@H](NC(=O)c2cnn(-c3ccccc3C)c2)C12CCC2. The number of carbonyl (C=O) groups excluding carboxylic acids is 1. The maximum atomic E-state index is 12.7. The number of aromatic nitrogens is 2. The van der Waals surface area contributed by atoms with E-state index in [0.717, 1.165) is 37.1 Å². The predicted molar refractivity (Wildman–Crippen MR) is 95.9 cm³/mol. The van der Waals surface area contributed by atoms with Gasteiger partial charge in [-0.1, -0.05) is 24.6 Å². The van der Waals surface area contributed by atoms with Gasteiger partial charge in [0, 0.05) is 24.3 Å². The van der Waals surface area contributed by atoms with E-state index in [9.17, 15) is 4.79 Å². The van der Waals surface area contributed by atoms with E-state index in [1.54, 1.807) is 10.9 Å². The number of rotatable bonds is 5. The minimum Gasteiger partial charge on any atom is -0.378 e. The number of aryl methyl sites for hydroxylation is 1. The Balaban J connectivity index is 1.45. The first-order valence-corrected chi connectivity index (χ1v) is 9.17.